The van der Waals surface area contributed by atoms with Crippen molar-refractivity contribution >= 4 is 15.7 Å². The summed E-state index contributed by atoms with van der Waals surface area (Å²) in [6.45, 7) is 2.24. The van der Waals surface area contributed by atoms with Gasteiger partial charge in [0.25, 0.3) is 5.69 Å². The molecule has 2 saturated heterocycles. The number of nitro groups is 1. The second-order valence-electron chi connectivity index (χ2n) is 5.85. The molecule has 2 heterocycles. The van der Waals surface area contributed by atoms with Crippen LogP contribution in [-0.4, -0.2) is 43.3 Å². The first kappa shape index (κ1) is 15.4. The quantitative estimate of drug-likeness (QED) is 0.666. The van der Waals surface area contributed by atoms with Crippen LogP contribution in [0, 0.1) is 16.0 Å². The van der Waals surface area contributed by atoms with Crippen LogP contribution in [0.1, 0.15) is 19.3 Å². The Morgan fingerprint density at radius 3 is 2.41 bits per heavy atom. The number of nitrogens with zero attached hydrogens (tertiary/aromatic N) is 2. The van der Waals surface area contributed by atoms with Crippen LogP contribution in [0.4, 0.5) is 5.69 Å². The molecular formula is C14H19N3O4S. The lowest BCUT2D eigenvalue weighted by atomic mass is 9.88. The molecule has 1 aromatic carbocycles. The lowest BCUT2D eigenvalue weighted by molar-refractivity contribution is -0.384. The van der Waals surface area contributed by atoms with E-state index in [-0.39, 0.29) is 16.6 Å². The first-order valence-electron chi connectivity index (χ1n) is 7.47. The van der Waals surface area contributed by atoms with Gasteiger partial charge in [0.05, 0.1) is 9.82 Å². The normalized spacial score (nSPS) is 23.9. The van der Waals surface area contributed by atoms with Gasteiger partial charge in [-0.25, -0.2) is 8.42 Å². The van der Waals surface area contributed by atoms with E-state index in [0.717, 1.165) is 32.4 Å². The predicted octanol–water partition coefficient (Wildman–Crippen LogP) is 1.36. The minimum Gasteiger partial charge on any atom is -0.316 e. The van der Waals surface area contributed by atoms with Crippen LogP contribution in [0.2, 0.25) is 0 Å². The average molecular weight is 325 g/mol. The van der Waals surface area contributed by atoms with Crippen LogP contribution in [0.15, 0.2) is 29.2 Å². The number of nitro benzene ring substituents is 1. The molecule has 2 aliphatic heterocycles. The number of rotatable bonds is 4. The van der Waals surface area contributed by atoms with E-state index in [1.807, 2.05) is 0 Å². The molecule has 1 atom stereocenters. The molecule has 120 valence electrons. The summed E-state index contributed by atoms with van der Waals surface area (Å²) < 4.78 is 27.3. The standard InChI is InChI=1S/C14H19N3O4S/c18-17(19)12-4-6-13(7-5-12)22(20,21)16-8-2-1-3-14(16)11-9-15-10-11/h4-7,11,14-15H,1-3,8-10H2. The summed E-state index contributed by atoms with van der Waals surface area (Å²) in [7, 11) is -3.59. The van der Waals surface area contributed by atoms with Crippen molar-refractivity contribution in [3.63, 3.8) is 0 Å². The highest BCUT2D eigenvalue weighted by Crippen LogP contribution is 2.31. The minimum atomic E-state index is -3.59. The zero-order valence-corrected chi connectivity index (χ0v) is 13.0. The molecule has 8 heteroatoms. The van der Waals surface area contributed by atoms with E-state index in [9.17, 15) is 18.5 Å². The number of sulfonamides is 1. The van der Waals surface area contributed by atoms with Gasteiger partial charge in [0, 0.05) is 43.7 Å². The van der Waals surface area contributed by atoms with Crippen molar-refractivity contribution < 1.29 is 13.3 Å². The van der Waals surface area contributed by atoms with Crippen LogP contribution in [0.25, 0.3) is 0 Å². The van der Waals surface area contributed by atoms with Crippen molar-refractivity contribution in [1.29, 1.82) is 0 Å². The van der Waals surface area contributed by atoms with E-state index in [2.05, 4.69) is 5.32 Å². The number of hydrogen-bond acceptors (Lipinski definition) is 5. The summed E-state index contributed by atoms with van der Waals surface area (Å²) in [5.41, 5.74) is -0.0997. The zero-order valence-electron chi connectivity index (χ0n) is 12.1. The van der Waals surface area contributed by atoms with Crippen LogP contribution in [0.3, 0.4) is 0 Å². The van der Waals surface area contributed by atoms with Gasteiger partial charge in [0.2, 0.25) is 10.0 Å². The van der Waals surface area contributed by atoms with Gasteiger partial charge in [-0.05, 0) is 25.0 Å². The predicted molar refractivity (Wildman–Crippen MR) is 81.0 cm³/mol. The van der Waals surface area contributed by atoms with Crippen molar-refractivity contribution in [2.75, 3.05) is 19.6 Å². The Balaban J connectivity index is 1.88. The molecule has 0 spiro atoms. The van der Waals surface area contributed by atoms with E-state index < -0.39 is 14.9 Å². The Kier molecular flexibility index (Phi) is 4.16. The fourth-order valence-electron chi connectivity index (χ4n) is 3.16. The Labute approximate surface area is 129 Å². The lowest BCUT2D eigenvalue weighted by Crippen LogP contribution is -2.57. The zero-order chi connectivity index (χ0) is 15.7. The summed E-state index contributed by atoms with van der Waals surface area (Å²) in [4.78, 5) is 10.3. The molecule has 1 aromatic rings. The van der Waals surface area contributed by atoms with Crippen molar-refractivity contribution in [2.24, 2.45) is 5.92 Å². The van der Waals surface area contributed by atoms with Crippen LogP contribution >= 0.6 is 0 Å². The third kappa shape index (κ3) is 2.73. The summed E-state index contributed by atoms with van der Waals surface area (Å²) in [6.07, 6.45) is 2.80. The molecule has 1 unspecified atom stereocenters. The Bertz CT molecular complexity index is 655. The molecule has 2 aliphatic rings. The van der Waals surface area contributed by atoms with Crippen molar-refractivity contribution in [3.8, 4) is 0 Å². The smallest absolute Gasteiger partial charge is 0.269 e. The molecule has 0 aromatic heterocycles. The van der Waals surface area contributed by atoms with Gasteiger partial charge in [-0.1, -0.05) is 6.42 Å². The number of non-ortho nitro benzene ring substituents is 1. The topological polar surface area (TPSA) is 92.5 Å². The number of nitrogens with one attached hydrogen (secondary N) is 1. The highest BCUT2D eigenvalue weighted by Gasteiger charge is 2.39. The third-order valence-electron chi connectivity index (χ3n) is 4.51. The number of hydrogen-bond donors (Lipinski definition) is 1. The molecule has 2 fully saturated rings. The van der Waals surface area contributed by atoms with Crippen molar-refractivity contribution in [2.45, 2.75) is 30.2 Å². The largest absolute Gasteiger partial charge is 0.316 e. The molecule has 0 radical (unpaired) electrons. The van der Waals surface area contributed by atoms with Crippen LogP contribution in [-0.2, 0) is 10.0 Å². The van der Waals surface area contributed by atoms with Gasteiger partial charge in [0.15, 0.2) is 0 Å². The third-order valence-corrected chi connectivity index (χ3v) is 6.45. The Morgan fingerprint density at radius 1 is 1.18 bits per heavy atom. The van der Waals surface area contributed by atoms with Crippen LogP contribution in [0.5, 0.6) is 0 Å². The SMILES string of the molecule is O=[N+]([O-])c1ccc(S(=O)(=O)N2CCCCC2C2CNC2)cc1. The maximum atomic E-state index is 12.9. The van der Waals surface area contributed by atoms with E-state index in [4.69, 9.17) is 0 Å². The monoisotopic (exact) mass is 325 g/mol. The van der Waals surface area contributed by atoms with Gasteiger partial charge in [-0.15, -0.1) is 0 Å². The summed E-state index contributed by atoms with van der Waals surface area (Å²) in [5.74, 6) is 0.369. The summed E-state index contributed by atoms with van der Waals surface area (Å²) in [5, 5.41) is 13.9. The molecule has 0 amide bonds. The van der Waals surface area contributed by atoms with Crippen LogP contribution < -0.4 is 5.32 Å². The molecule has 0 bridgehead atoms. The summed E-state index contributed by atoms with van der Waals surface area (Å²) >= 11 is 0. The van der Waals surface area contributed by atoms with Gasteiger partial charge in [0.1, 0.15) is 0 Å². The highest BCUT2D eigenvalue weighted by atomic mass is 32.2. The highest BCUT2D eigenvalue weighted by molar-refractivity contribution is 7.89. The molecule has 0 aliphatic carbocycles. The van der Waals surface area contributed by atoms with E-state index >= 15 is 0 Å². The minimum absolute atomic E-state index is 0.0372. The molecule has 3 rings (SSSR count). The first-order valence-corrected chi connectivity index (χ1v) is 8.91. The molecule has 22 heavy (non-hydrogen) atoms. The van der Waals surface area contributed by atoms with Crippen molar-refractivity contribution in [1.82, 2.24) is 9.62 Å². The molecule has 0 saturated carbocycles. The second kappa shape index (κ2) is 5.94. The van der Waals surface area contributed by atoms with E-state index in [1.54, 1.807) is 4.31 Å². The fraction of sp³-hybridized carbons (Fsp3) is 0.571. The summed E-state index contributed by atoms with van der Waals surface area (Å²) in [6, 6.07) is 5.19. The molecular weight excluding hydrogens is 306 g/mol. The number of piperidine rings is 1. The fourth-order valence-corrected chi connectivity index (χ4v) is 4.91. The maximum Gasteiger partial charge on any atom is 0.269 e. The van der Waals surface area contributed by atoms with Gasteiger partial charge >= 0.3 is 0 Å². The maximum absolute atomic E-state index is 12.9. The Morgan fingerprint density at radius 2 is 1.86 bits per heavy atom. The first-order chi connectivity index (χ1) is 10.5. The van der Waals surface area contributed by atoms with E-state index in [1.165, 1.54) is 24.3 Å². The van der Waals surface area contributed by atoms with Gasteiger partial charge < -0.3 is 5.32 Å². The number of benzene rings is 1. The lowest BCUT2D eigenvalue weighted by Gasteiger charge is -2.43. The molecule has 1 N–H and O–H groups in total. The second-order valence-corrected chi connectivity index (χ2v) is 7.74. The van der Waals surface area contributed by atoms with Gasteiger partial charge in [-0.3, -0.25) is 10.1 Å². The molecule has 7 nitrogen and oxygen atoms in total. The van der Waals surface area contributed by atoms with Crippen molar-refractivity contribution in [3.05, 3.63) is 34.4 Å². The van der Waals surface area contributed by atoms with Gasteiger partial charge in [-0.2, -0.15) is 4.31 Å². The van der Waals surface area contributed by atoms with E-state index in [0.29, 0.717) is 12.5 Å². The average Bonchev–Trinajstić information content (AvgIpc) is 2.46. The Hall–Kier alpha value is -1.51.